The van der Waals surface area contributed by atoms with Crippen LogP contribution in [0.2, 0.25) is 5.02 Å². The largest absolute Gasteiger partial charge is 0.467 e. The molecule has 1 aromatic rings. The van der Waals surface area contributed by atoms with Crippen LogP contribution in [0, 0.1) is 5.92 Å². The fourth-order valence-corrected chi connectivity index (χ4v) is 2.57. The third kappa shape index (κ3) is 7.01. The molecule has 0 saturated carbocycles. The van der Waals surface area contributed by atoms with Crippen LogP contribution in [0.5, 0.6) is 0 Å². The number of nitrogens with one attached hydrogen (secondary N) is 3. The lowest BCUT2D eigenvalue weighted by Gasteiger charge is -2.22. The van der Waals surface area contributed by atoms with Crippen molar-refractivity contribution in [3.8, 4) is 0 Å². The first-order valence-electron chi connectivity index (χ1n) is 8.51. The molecule has 7 nitrogen and oxygen atoms in total. The molecule has 0 radical (unpaired) electrons. The van der Waals surface area contributed by atoms with Crippen molar-refractivity contribution in [1.29, 1.82) is 0 Å². The van der Waals surface area contributed by atoms with Crippen LogP contribution in [0.4, 0.5) is 5.69 Å². The van der Waals surface area contributed by atoms with Gasteiger partial charge in [-0.25, -0.2) is 4.79 Å². The quantitative estimate of drug-likeness (QED) is 0.541. The van der Waals surface area contributed by atoms with Crippen molar-refractivity contribution in [2.24, 2.45) is 5.92 Å². The van der Waals surface area contributed by atoms with E-state index in [2.05, 4.69) is 10.6 Å². The molecule has 0 bridgehead atoms. The van der Waals surface area contributed by atoms with Gasteiger partial charge in [-0.05, 0) is 18.1 Å². The molecular weight excluding hydrogens is 358 g/mol. The molecule has 144 valence electrons. The number of esters is 1. The van der Waals surface area contributed by atoms with E-state index in [1.807, 2.05) is 13.8 Å². The van der Waals surface area contributed by atoms with E-state index in [0.717, 1.165) is 6.42 Å². The Hall–Kier alpha value is -2.12. The van der Waals surface area contributed by atoms with Crippen molar-refractivity contribution in [3.05, 3.63) is 29.3 Å². The van der Waals surface area contributed by atoms with Crippen LogP contribution in [0.3, 0.4) is 0 Å². The molecule has 2 amide bonds. The second kappa shape index (κ2) is 10.8. The number of halogens is 1. The molecule has 0 spiro atoms. The molecule has 1 rings (SSSR count). The Kier molecular flexibility index (Phi) is 9.09. The van der Waals surface area contributed by atoms with Crippen LogP contribution >= 0.6 is 11.6 Å². The van der Waals surface area contributed by atoms with Crippen molar-refractivity contribution in [2.45, 2.75) is 26.3 Å². The predicted molar refractivity (Wildman–Crippen MR) is 100 cm³/mol. The summed E-state index contributed by atoms with van der Waals surface area (Å²) >= 11 is 6.00. The van der Waals surface area contributed by atoms with Crippen LogP contribution < -0.4 is 15.5 Å². The maximum absolute atomic E-state index is 12.2. The molecule has 0 fully saturated rings. The first-order chi connectivity index (χ1) is 12.3. The molecule has 1 unspecified atom stereocenters. The number of methoxy groups -OCH3 is 1. The number of carbonyl (C=O) groups is 3. The number of rotatable bonds is 9. The van der Waals surface area contributed by atoms with Crippen molar-refractivity contribution in [1.82, 2.24) is 5.32 Å². The Bertz CT molecular complexity index is 639. The van der Waals surface area contributed by atoms with E-state index in [4.69, 9.17) is 16.3 Å². The summed E-state index contributed by atoms with van der Waals surface area (Å²) in [5.74, 6) is -1.09. The number of likely N-dealkylation sites (N-methyl/N-ethyl adjacent to an activating group) is 1. The molecule has 0 saturated heterocycles. The van der Waals surface area contributed by atoms with E-state index in [-0.39, 0.29) is 30.8 Å². The fourth-order valence-electron chi connectivity index (χ4n) is 2.39. The zero-order valence-corrected chi connectivity index (χ0v) is 16.4. The average molecular weight is 385 g/mol. The maximum atomic E-state index is 12.2. The summed E-state index contributed by atoms with van der Waals surface area (Å²) in [5.41, 5.74) is 0.527. The van der Waals surface area contributed by atoms with Gasteiger partial charge in [-0.3, -0.25) is 9.59 Å². The van der Waals surface area contributed by atoms with E-state index in [0.29, 0.717) is 15.6 Å². The molecule has 1 aromatic carbocycles. The van der Waals surface area contributed by atoms with Crippen LogP contribution in [-0.2, 0) is 19.1 Å². The van der Waals surface area contributed by atoms with Crippen molar-refractivity contribution in [2.75, 3.05) is 32.6 Å². The van der Waals surface area contributed by atoms with Crippen LogP contribution in [0.15, 0.2) is 24.3 Å². The summed E-state index contributed by atoms with van der Waals surface area (Å²) in [7, 11) is 3.02. The summed E-state index contributed by atoms with van der Waals surface area (Å²) in [6, 6.07) is 6.24. The number of ether oxygens (including phenoxy) is 1. The highest BCUT2D eigenvalue weighted by molar-refractivity contribution is 6.33. The number of benzene rings is 1. The third-order valence-electron chi connectivity index (χ3n) is 4.06. The number of anilines is 1. The first-order valence-corrected chi connectivity index (χ1v) is 8.89. The maximum Gasteiger partial charge on any atom is 0.328 e. The molecule has 0 aliphatic carbocycles. The van der Waals surface area contributed by atoms with Gasteiger partial charge in [0.1, 0.15) is 6.04 Å². The van der Waals surface area contributed by atoms with Gasteiger partial charge in [0.25, 0.3) is 11.8 Å². The topological polar surface area (TPSA) is 88.9 Å². The summed E-state index contributed by atoms with van der Waals surface area (Å²) in [6.45, 7) is 3.95. The highest BCUT2D eigenvalue weighted by Gasteiger charge is 2.27. The number of amides is 2. The Morgan fingerprint density at radius 3 is 2.38 bits per heavy atom. The predicted octanol–water partition coefficient (Wildman–Crippen LogP) is 0.497. The zero-order chi connectivity index (χ0) is 19.7. The minimum Gasteiger partial charge on any atom is -0.467 e. The van der Waals surface area contributed by atoms with E-state index < -0.39 is 12.0 Å². The second-order valence-electron chi connectivity index (χ2n) is 6.29. The first kappa shape index (κ1) is 21.9. The minimum absolute atomic E-state index is 0.0461. The van der Waals surface area contributed by atoms with Gasteiger partial charge in [-0.1, -0.05) is 44.0 Å². The smallest absolute Gasteiger partial charge is 0.328 e. The molecule has 0 aromatic heterocycles. The van der Waals surface area contributed by atoms with Crippen molar-refractivity contribution >= 4 is 35.1 Å². The second-order valence-corrected chi connectivity index (χ2v) is 6.70. The monoisotopic (exact) mass is 384 g/mol. The summed E-state index contributed by atoms with van der Waals surface area (Å²) in [6.07, 6.45) is 0.725. The number of carbonyl (C=O) groups excluding carboxylic acids is 3. The van der Waals surface area contributed by atoms with Crippen molar-refractivity contribution in [3.63, 3.8) is 0 Å². The Labute approximate surface area is 159 Å². The molecular formula is C18H27ClN3O4+. The molecule has 8 heteroatoms. The van der Waals surface area contributed by atoms with E-state index in [9.17, 15) is 14.4 Å². The van der Waals surface area contributed by atoms with Gasteiger partial charge >= 0.3 is 5.97 Å². The van der Waals surface area contributed by atoms with Gasteiger partial charge in [0.05, 0.1) is 24.9 Å². The highest BCUT2D eigenvalue weighted by Crippen LogP contribution is 2.19. The molecule has 0 heterocycles. The molecule has 3 N–H and O–H groups in total. The molecule has 0 aliphatic heterocycles. The number of para-hydroxylation sites is 1. The van der Waals surface area contributed by atoms with Crippen LogP contribution in [-0.4, -0.2) is 51.1 Å². The summed E-state index contributed by atoms with van der Waals surface area (Å²) < 4.78 is 4.75. The lowest BCUT2D eigenvalue weighted by molar-refractivity contribution is -0.862. The summed E-state index contributed by atoms with van der Waals surface area (Å²) in [5, 5.41) is 5.86. The fraction of sp³-hybridized carbons (Fsp3) is 0.500. The Balaban J connectivity index is 2.54. The Morgan fingerprint density at radius 2 is 1.81 bits per heavy atom. The number of hydrogen-bond acceptors (Lipinski definition) is 4. The molecule has 3 atom stereocenters. The average Bonchev–Trinajstić information content (AvgIpc) is 2.60. The normalized spacial score (nSPS) is 14.0. The lowest BCUT2D eigenvalue weighted by atomic mass is 9.99. The standard InChI is InChI=1S/C18H26ClN3O4/c1-5-12(2)17(18(25)26-4)21-16(24)11-22(3)10-15(23)20-14-9-7-6-8-13(14)19/h6-9,12,17H,5,10-11H2,1-4H3,(H,20,23)(H,21,24)/p+1/t12-,17+/m1/s1. The van der Waals surface area contributed by atoms with Gasteiger partial charge in [0.2, 0.25) is 0 Å². The molecule has 26 heavy (non-hydrogen) atoms. The van der Waals surface area contributed by atoms with Gasteiger partial charge in [-0.2, -0.15) is 0 Å². The van der Waals surface area contributed by atoms with E-state index in [1.165, 1.54) is 7.11 Å². The summed E-state index contributed by atoms with van der Waals surface area (Å²) in [4.78, 5) is 36.8. The van der Waals surface area contributed by atoms with Gasteiger partial charge in [-0.15, -0.1) is 0 Å². The van der Waals surface area contributed by atoms with Gasteiger partial charge in [0.15, 0.2) is 13.1 Å². The van der Waals surface area contributed by atoms with E-state index >= 15 is 0 Å². The SMILES string of the molecule is CC[C@@H](C)[C@H](NC(=O)C[NH+](C)CC(=O)Nc1ccccc1Cl)C(=O)OC. The Morgan fingerprint density at radius 1 is 1.19 bits per heavy atom. The lowest BCUT2D eigenvalue weighted by Crippen LogP contribution is -3.11. The van der Waals surface area contributed by atoms with Crippen molar-refractivity contribution < 1.29 is 24.0 Å². The molecule has 0 aliphatic rings. The third-order valence-corrected chi connectivity index (χ3v) is 4.39. The number of hydrogen-bond donors (Lipinski definition) is 3. The van der Waals surface area contributed by atoms with Crippen LogP contribution in [0.1, 0.15) is 20.3 Å². The zero-order valence-electron chi connectivity index (χ0n) is 15.6. The van der Waals surface area contributed by atoms with Gasteiger partial charge < -0.3 is 20.3 Å². The number of quaternary nitrogens is 1. The van der Waals surface area contributed by atoms with Crippen LogP contribution in [0.25, 0.3) is 0 Å². The minimum atomic E-state index is -0.692. The highest BCUT2D eigenvalue weighted by atomic mass is 35.5. The van der Waals surface area contributed by atoms with E-state index in [1.54, 1.807) is 31.3 Å². The van der Waals surface area contributed by atoms with Gasteiger partial charge in [0, 0.05) is 0 Å².